The zero-order valence-corrected chi connectivity index (χ0v) is 12.4. The third kappa shape index (κ3) is 2.68. The summed E-state index contributed by atoms with van der Waals surface area (Å²) in [5.41, 5.74) is 2.44. The van der Waals surface area contributed by atoms with Crippen LogP contribution in [0.3, 0.4) is 0 Å². The van der Waals surface area contributed by atoms with Gasteiger partial charge in [-0.3, -0.25) is 0 Å². The Morgan fingerprint density at radius 3 is 2.94 bits per heavy atom. The predicted octanol–water partition coefficient (Wildman–Crippen LogP) is 2.84. The number of nitriles is 1. The van der Waals surface area contributed by atoms with E-state index in [4.69, 9.17) is 5.26 Å². The largest absolute Gasteiger partial charge is 0.362 e. The second kappa shape index (κ2) is 5.73. The molecule has 0 spiro atoms. The first-order valence-corrected chi connectivity index (χ1v) is 7.05. The van der Waals surface area contributed by atoms with Gasteiger partial charge in [0.05, 0.1) is 18.5 Å². The highest BCUT2D eigenvalue weighted by atomic mass is 79.9. The molecule has 1 aliphatic heterocycles. The Kier molecular flexibility index (Phi) is 4.26. The van der Waals surface area contributed by atoms with Crippen molar-refractivity contribution in [3.05, 3.63) is 28.2 Å². The van der Waals surface area contributed by atoms with Gasteiger partial charge < -0.3 is 10.2 Å². The van der Waals surface area contributed by atoms with Crippen LogP contribution in [-0.2, 0) is 0 Å². The first-order chi connectivity index (χ1) is 8.63. The Labute approximate surface area is 117 Å². The molecule has 0 aromatic heterocycles. The summed E-state index contributed by atoms with van der Waals surface area (Å²) in [7, 11) is 0. The lowest BCUT2D eigenvalue weighted by atomic mass is 10.0. The van der Waals surface area contributed by atoms with Gasteiger partial charge in [0.15, 0.2) is 0 Å². The topological polar surface area (TPSA) is 39.1 Å². The van der Waals surface area contributed by atoms with Gasteiger partial charge in [-0.1, -0.05) is 15.9 Å². The molecule has 2 unspecified atom stereocenters. The molecular formula is C14H18BrN3. The van der Waals surface area contributed by atoms with E-state index < -0.39 is 0 Å². The fourth-order valence-corrected chi connectivity index (χ4v) is 2.79. The summed E-state index contributed by atoms with van der Waals surface area (Å²) in [6.45, 7) is 6.15. The summed E-state index contributed by atoms with van der Waals surface area (Å²) in [4.78, 5) is 2.37. The van der Waals surface area contributed by atoms with E-state index in [0.717, 1.165) is 17.6 Å². The van der Waals surface area contributed by atoms with Gasteiger partial charge in [0.2, 0.25) is 0 Å². The molecule has 1 saturated heterocycles. The van der Waals surface area contributed by atoms with Crippen LogP contribution in [0.5, 0.6) is 0 Å². The van der Waals surface area contributed by atoms with Gasteiger partial charge in [0.25, 0.3) is 0 Å². The van der Waals surface area contributed by atoms with E-state index in [1.54, 1.807) is 0 Å². The number of hydrogen-bond acceptors (Lipinski definition) is 3. The Morgan fingerprint density at radius 2 is 2.28 bits per heavy atom. The second-order valence-corrected chi connectivity index (χ2v) is 5.72. The van der Waals surface area contributed by atoms with Crippen LogP contribution in [0.2, 0.25) is 0 Å². The lowest BCUT2D eigenvalue weighted by molar-refractivity contribution is 0.417. The molecule has 2 atom stereocenters. The van der Waals surface area contributed by atoms with E-state index in [1.165, 1.54) is 11.3 Å². The third-order valence-electron chi connectivity index (χ3n) is 3.45. The predicted molar refractivity (Wildman–Crippen MR) is 77.7 cm³/mol. The van der Waals surface area contributed by atoms with Gasteiger partial charge >= 0.3 is 0 Å². The number of piperazine rings is 1. The molecule has 1 aromatic carbocycles. The highest BCUT2D eigenvalue weighted by Crippen LogP contribution is 2.27. The molecule has 1 aromatic rings. The van der Waals surface area contributed by atoms with Crippen molar-refractivity contribution >= 4 is 21.6 Å². The molecule has 0 aliphatic carbocycles. The van der Waals surface area contributed by atoms with E-state index in [1.807, 2.05) is 0 Å². The molecule has 1 aliphatic rings. The molecular weight excluding hydrogens is 290 g/mol. The maximum absolute atomic E-state index is 8.96. The number of nitrogens with zero attached hydrogens (tertiary/aromatic N) is 2. The van der Waals surface area contributed by atoms with E-state index in [2.05, 4.69) is 64.3 Å². The van der Waals surface area contributed by atoms with Gasteiger partial charge in [0, 0.05) is 29.3 Å². The first kappa shape index (κ1) is 13.4. The first-order valence-electron chi connectivity index (χ1n) is 6.25. The van der Waals surface area contributed by atoms with Crippen molar-refractivity contribution in [2.75, 3.05) is 18.0 Å². The normalized spacial score (nSPS) is 23.8. The minimum absolute atomic E-state index is 0.263. The van der Waals surface area contributed by atoms with Crippen molar-refractivity contribution < 1.29 is 0 Å². The van der Waals surface area contributed by atoms with Crippen LogP contribution in [0.4, 0.5) is 5.69 Å². The summed E-state index contributed by atoms with van der Waals surface area (Å²) < 4.78 is 1.13. The summed E-state index contributed by atoms with van der Waals surface area (Å²) in [5, 5.41) is 12.3. The monoisotopic (exact) mass is 307 g/mol. The highest BCUT2D eigenvalue weighted by molar-refractivity contribution is 9.10. The SMILES string of the molecule is Cc1cc(N2C(C)CNCC2CC#N)ccc1Br. The average Bonchev–Trinajstić information content (AvgIpc) is 2.34. The van der Waals surface area contributed by atoms with Gasteiger partial charge in [-0.05, 0) is 37.6 Å². The van der Waals surface area contributed by atoms with Crippen LogP contribution < -0.4 is 10.2 Å². The molecule has 1 fully saturated rings. The van der Waals surface area contributed by atoms with Gasteiger partial charge in [-0.15, -0.1) is 0 Å². The van der Waals surface area contributed by atoms with E-state index in [0.29, 0.717) is 12.5 Å². The van der Waals surface area contributed by atoms with Crippen LogP contribution in [0.15, 0.2) is 22.7 Å². The van der Waals surface area contributed by atoms with Crippen molar-refractivity contribution in [1.29, 1.82) is 5.26 Å². The summed E-state index contributed by atoms with van der Waals surface area (Å²) in [6.07, 6.45) is 0.562. The molecule has 96 valence electrons. The maximum atomic E-state index is 8.96. The van der Waals surface area contributed by atoms with Crippen molar-refractivity contribution in [3.63, 3.8) is 0 Å². The van der Waals surface area contributed by atoms with Crippen LogP contribution in [0, 0.1) is 18.3 Å². The van der Waals surface area contributed by atoms with Crippen LogP contribution in [0.1, 0.15) is 18.9 Å². The fraction of sp³-hybridized carbons (Fsp3) is 0.500. The number of hydrogen-bond donors (Lipinski definition) is 1. The molecule has 0 radical (unpaired) electrons. The van der Waals surface area contributed by atoms with Gasteiger partial charge in [-0.25, -0.2) is 0 Å². The average molecular weight is 308 g/mol. The van der Waals surface area contributed by atoms with Crippen LogP contribution in [-0.4, -0.2) is 25.2 Å². The number of benzene rings is 1. The highest BCUT2D eigenvalue weighted by Gasteiger charge is 2.27. The summed E-state index contributed by atoms with van der Waals surface area (Å²) >= 11 is 3.53. The zero-order chi connectivity index (χ0) is 13.1. The lowest BCUT2D eigenvalue weighted by Crippen LogP contribution is -2.56. The molecule has 0 bridgehead atoms. The Hall–Kier alpha value is -1.05. The Bertz CT molecular complexity index is 467. The lowest BCUT2D eigenvalue weighted by Gasteiger charge is -2.42. The molecule has 3 nitrogen and oxygen atoms in total. The number of anilines is 1. The minimum atomic E-state index is 0.263. The fourth-order valence-electron chi connectivity index (χ4n) is 2.55. The molecule has 4 heteroatoms. The Morgan fingerprint density at radius 1 is 1.50 bits per heavy atom. The second-order valence-electron chi connectivity index (χ2n) is 4.86. The van der Waals surface area contributed by atoms with Gasteiger partial charge in [0.1, 0.15) is 0 Å². The van der Waals surface area contributed by atoms with Crippen LogP contribution >= 0.6 is 15.9 Å². The number of rotatable bonds is 2. The van der Waals surface area contributed by atoms with E-state index in [9.17, 15) is 0 Å². The molecule has 2 rings (SSSR count). The van der Waals surface area contributed by atoms with Crippen molar-refractivity contribution in [2.24, 2.45) is 0 Å². The quantitative estimate of drug-likeness (QED) is 0.913. The summed E-state index contributed by atoms with van der Waals surface area (Å²) in [6, 6.07) is 9.38. The standard InChI is InChI=1S/C14H18BrN3/c1-10-7-12(3-4-14(10)15)18-11(2)8-17-9-13(18)5-6-16/h3-4,7,11,13,17H,5,8-9H2,1-2H3. The smallest absolute Gasteiger partial charge is 0.0643 e. The molecule has 1 heterocycles. The molecule has 0 saturated carbocycles. The number of aryl methyl sites for hydroxylation is 1. The summed E-state index contributed by atoms with van der Waals surface area (Å²) in [5.74, 6) is 0. The molecule has 1 N–H and O–H groups in total. The minimum Gasteiger partial charge on any atom is -0.362 e. The van der Waals surface area contributed by atoms with E-state index in [-0.39, 0.29) is 6.04 Å². The van der Waals surface area contributed by atoms with Gasteiger partial charge in [-0.2, -0.15) is 5.26 Å². The maximum Gasteiger partial charge on any atom is 0.0643 e. The van der Waals surface area contributed by atoms with Crippen molar-refractivity contribution in [1.82, 2.24) is 5.32 Å². The van der Waals surface area contributed by atoms with E-state index >= 15 is 0 Å². The Balaban J connectivity index is 2.31. The van der Waals surface area contributed by atoms with Crippen molar-refractivity contribution in [2.45, 2.75) is 32.4 Å². The third-order valence-corrected chi connectivity index (χ3v) is 4.34. The molecule has 0 amide bonds. The van der Waals surface area contributed by atoms with Crippen molar-refractivity contribution in [3.8, 4) is 6.07 Å². The van der Waals surface area contributed by atoms with Crippen LogP contribution in [0.25, 0.3) is 0 Å². The zero-order valence-electron chi connectivity index (χ0n) is 10.8. The molecule has 18 heavy (non-hydrogen) atoms. The number of nitrogens with one attached hydrogen (secondary N) is 1. The number of halogens is 1.